The molecule has 4 aromatic heterocycles. The molecule has 0 aliphatic carbocycles. The first kappa shape index (κ1) is 39.1. The molecule has 0 N–H and O–H groups in total. The minimum atomic E-state index is -0.575. The van der Waals surface area contributed by atoms with E-state index in [0.717, 1.165) is 82.0 Å². The van der Waals surface area contributed by atoms with E-state index in [4.69, 9.17) is 23.4 Å². The topological polar surface area (TPSA) is 40.8 Å². The van der Waals surface area contributed by atoms with Crippen LogP contribution in [0.1, 0.15) is 13.7 Å². The molecule has 0 amide bonds. The first-order valence-electron chi connectivity index (χ1n) is 32.6. The van der Waals surface area contributed by atoms with Gasteiger partial charge in [-0.05, 0) is 116 Å². The number of benzene rings is 12. The Labute approximate surface area is 499 Å². The lowest BCUT2D eigenvalue weighted by Crippen LogP contribution is -2.31. The average molecular weight is 1080 g/mol. The molecule has 6 nitrogen and oxygen atoms in total. The quantitative estimate of drug-likeness (QED) is 0.107. The van der Waals surface area contributed by atoms with Crippen LogP contribution in [-0.2, 0) is 0 Å². The molecular weight excluding hydrogens is 1020 g/mol. The minimum Gasteiger partial charge on any atom is -0.458 e. The second-order valence-corrected chi connectivity index (χ2v) is 20.5. The number of imidazole rings is 1. The third-order valence-electron chi connectivity index (χ3n) is 15.7. The molecule has 0 saturated heterocycles. The van der Waals surface area contributed by atoms with Crippen LogP contribution in [0.15, 0.2) is 309 Å². The lowest BCUT2D eigenvalue weighted by atomic mass is 9.95. The van der Waals surface area contributed by atoms with Gasteiger partial charge in [-0.1, -0.05) is 230 Å². The van der Waals surface area contributed by atoms with Crippen molar-refractivity contribution >= 4 is 76.2 Å². The van der Waals surface area contributed by atoms with E-state index < -0.39 is 60.4 Å². The van der Waals surface area contributed by atoms with E-state index in [1.807, 2.05) is 85.1 Å². The average Bonchev–Trinajstić information content (AvgIpc) is 1.49. The van der Waals surface area contributed by atoms with Crippen molar-refractivity contribution in [3.8, 4) is 67.8 Å². The van der Waals surface area contributed by atoms with Crippen molar-refractivity contribution in [2.24, 2.45) is 0 Å². The molecule has 12 aromatic carbocycles. The van der Waals surface area contributed by atoms with E-state index in [9.17, 15) is 0 Å². The number of hydrogen-bond donors (Lipinski definition) is 0. The van der Waals surface area contributed by atoms with Crippen LogP contribution in [0, 0.1) is 6.33 Å². The Morgan fingerprint density at radius 1 is 0.357 bits per heavy atom. The highest BCUT2D eigenvalue weighted by atomic mass is 16.5. The number of para-hydroxylation sites is 5. The monoisotopic (exact) mass is 1080 g/mol. The summed E-state index contributed by atoms with van der Waals surface area (Å²) >= 11 is 0. The first-order chi connectivity index (χ1) is 45.8. The van der Waals surface area contributed by atoms with E-state index >= 15 is 0 Å². The summed E-state index contributed by atoms with van der Waals surface area (Å²) in [5, 5.41) is 8.71. The fourth-order valence-electron chi connectivity index (χ4n) is 12.1. The maximum atomic E-state index is 9.15. The van der Waals surface area contributed by atoms with Gasteiger partial charge in [0, 0.05) is 39.9 Å². The van der Waals surface area contributed by atoms with Gasteiger partial charge in [0.25, 0.3) is 6.33 Å². The Morgan fingerprint density at radius 3 is 1.57 bits per heavy atom. The van der Waals surface area contributed by atoms with Crippen molar-refractivity contribution in [1.29, 1.82) is 0 Å². The Hall–Kier alpha value is -11.3. The Morgan fingerprint density at radius 2 is 0.905 bits per heavy atom. The summed E-state index contributed by atoms with van der Waals surface area (Å²) < 4.78 is 103. The number of hydrogen-bond acceptors (Lipinski definition) is 2. The van der Waals surface area contributed by atoms with Gasteiger partial charge in [0.2, 0.25) is 0 Å². The number of rotatable bonds is 9. The molecule has 0 spiro atoms. The highest BCUT2D eigenvalue weighted by Gasteiger charge is 2.22. The Bertz CT molecular complexity index is 5690. The molecule has 4 heterocycles. The third kappa shape index (κ3) is 8.27. The van der Waals surface area contributed by atoms with E-state index in [1.165, 1.54) is 0 Å². The maximum absolute atomic E-state index is 9.15. The van der Waals surface area contributed by atoms with E-state index in [-0.39, 0.29) is 27.9 Å². The molecule has 0 atom stereocenters. The molecule has 0 aliphatic rings. The molecule has 16 rings (SSSR count). The molecule has 0 fully saturated rings. The fourth-order valence-corrected chi connectivity index (χ4v) is 12.1. The molecular formula is C78H51N5O. The van der Waals surface area contributed by atoms with Crippen molar-refractivity contribution in [2.45, 2.75) is 0 Å². The van der Waals surface area contributed by atoms with Crippen molar-refractivity contribution in [3.05, 3.63) is 316 Å². The summed E-state index contributed by atoms with van der Waals surface area (Å²) in [6, 6.07) is 76.0. The summed E-state index contributed by atoms with van der Waals surface area (Å²) in [6.45, 7) is 0. The lowest BCUT2D eigenvalue weighted by Gasteiger charge is -2.17. The van der Waals surface area contributed by atoms with Gasteiger partial charge in [0.15, 0.2) is 0 Å². The van der Waals surface area contributed by atoms with Crippen LogP contribution in [0.5, 0.6) is 11.5 Å². The van der Waals surface area contributed by atoms with Gasteiger partial charge in [-0.25, -0.2) is 4.98 Å². The van der Waals surface area contributed by atoms with Crippen molar-refractivity contribution < 1.29 is 23.0 Å². The summed E-state index contributed by atoms with van der Waals surface area (Å²) in [5.41, 5.74) is 8.83. The second-order valence-electron chi connectivity index (χ2n) is 20.5. The van der Waals surface area contributed by atoms with E-state index in [1.54, 1.807) is 27.3 Å². The molecule has 0 radical (unpaired) electrons. The first-order valence-corrected chi connectivity index (χ1v) is 27.6. The van der Waals surface area contributed by atoms with Crippen LogP contribution in [-0.4, -0.2) is 18.7 Å². The van der Waals surface area contributed by atoms with E-state index in [0.29, 0.717) is 34.0 Å². The summed E-state index contributed by atoms with van der Waals surface area (Å²) in [4.78, 5) is 5.20. The molecule has 16 aromatic rings. The highest BCUT2D eigenvalue weighted by molar-refractivity contribution is 6.19. The lowest BCUT2D eigenvalue weighted by molar-refractivity contribution is -0.571. The van der Waals surface area contributed by atoms with Crippen LogP contribution in [0.4, 0.5) is 0 Å². The van der Waals surface area contributed by atoms with Crippen molar-refractivity contribution in [3.63, 3.8) is 0 Å². The molecule has 0 bridgehead atoms. The van der Waals surface area contributed by atoms with Gasteiger partial charge in [0.1, 0.15) is 17.3 Å². The number of pyridine rings is 1. The van der Waals surface area contributed by atoms with Gasteiger partial charge < -0.3 is 9.30 Å². The van der Waals surface area contributed by atoms with Crippen LogP contribution >= 0.6 is 0 Å². The zero-order valence-corrected chi connectivity index (χ0v) is 44.8. The van der Waals surface area contributed by atoms with Gasteiger partial charge in [0.05, 0.1) is 63.9 Å². The maximum Gasteiger partial charge on any atom is 0.269 e. The molecule has 0 saturated carbocycles. The fraction of sp³-hybridized carbons (Fsp3) is 0. The molecule has 6 heteroatoms. The van der Waals surface area contributed by atoms with Crippen LogP contribution in [0.25, 0.3) is 132 Å². The minimum absolute atomic E-state index is 0.142. The predicted molar refractivity (Wildman–Crippen MR) is 346 cm³/mol. The molecule has 84 heavy (non-hydrogen) atoms. The molecule has 0 aliphatic heterocycles. The zero-order valence-electron chi connectivity index (χ0n) is 54.8. The Balaban J connectivity index is 0.868. The smallest absolute Gasteiger partial charge is 0.269 e. The van der Waals surface area contributed by atoms with Crippen LogP contribution in [0.3, 0.4) is 0 Å². The largest absolute Gasteiger partial charge is 0.458 e. The Kier molecular flexibility index (Phi) is 9.47. The zero-order chi connectivity index (χ0) is 64.2. The van der Waals surface area contributed by atoms with Gasteiger partial charge in [-0.2, -0.15) is 0 Å². The number of aromatic nitrogens is 5. The van der Waals surface area contributed by atoms with Gasteiger partial charge in [-0.15, -0.1) is 0 Å². The standard InChI is InChI=1S/C78H51N5O/c1-4-22-53(23-5-1)56-42-45-73-70(48-56)69-44-43-60(84-59-29-20-28-57(49-59)80-52-81(75-41-19-18-40-74(75)80)78-61(54-24-6-2-7-25-54)36-21-37-62(78)55-26-8-3-9-27-55)51-76(69)83(73)77-50-58(46-47-79-77)82-71-38-16-14-34-67(71)65-32-12-10-30-63(65)64-31-11-13-33-66(64)68-35-15-17-39-72(68)82/h1-51H/i2D,3D,6D,7D,8D,9D,24D,25D,26D,27D. The summed E-state index contributed by atoms with van der Waals surface area (Å²) in [7, 11) is 0. The normalized spacial score (nSPS) is 13.2. The van der Waals surface area contributed by atoms with Crippen molar-refractivity contribution in [2.75, 3.05) is 0 Å². The van der Waals surface area contributed by atoms with Crippen LogP contribution in [0.2, 0.25) is 0 Å². The number of nitrogens with zero attached hydrogens (tertiary/aromatic N) is 5. The van der Waals surface area contributed by atoms with Crippen molar-refractivity contribution in [1.82, 2.24) is 18.7 Å². The summed E-state index contributed by atoms with van der Waals surface area (Å²) in [5.74, 6) is 1.71. The van der Waals surface area contributed by atoms with Gasteiger partial charge >= 0.3 is 0 Å². The predicted octanol–water partition coefficient (Wildman–Crippen LogP) is 19.5. The van der Waals surface area contributed by atoms with Gasteiger partial charge in [-0.3, -0.25) is 13.7 Å². The highest BCUT2D eigenvalue weighted by Crippen LogP contribution is 2.40. The second kappa shape index (κ2) is 20.3. The number of ether oxygens (including phenoxy) is 1. The van der Waals surface area contributed by atoms with Crippen LogP contribution < -0.4 is 9.30 Å². The number of fused-ring (bicyclic) bond motifs is 11. The molecule has 0 unspecified atom stereocenters. The molecule has 394 valence electrons. The SMILES string of the molecule is [2H]c1c([2H])c([2H])c(-c2cccc(-c3c([2H])c([2H])c([2H])c([2H])c3[2H])c2-[n+]2[c-]n(-c3cccc(Oc4ccc5c6cc(-c7ccccc7)ccc6n(-c6cc(-n7c8ccccc8c8ccccc8c8ccccc8c8ccccc87)ccn6)c5c4)c3)c3ccccc32)c([2H])c1[2H]. The summed E-state index contributed by atoms with van der Waals surface area (Å²) in [6.07, 6.45) is 5.37. The third-order valence-corrected chi connectivity index (χ3v) is 15.7. The van der Waals surface area contributed by atoms with E-state index in [2.05, 4.69) is 161 Å².